The van der Waals surface area contributed by atoms with E-state index in [4.69, 9.17) is 0 Å². The summed E-state index contributed by atoms with van der Waals surface area (Å²) in [6.45, 7) is 6.76. The SMILES string of the molecule is CC(C)NC(=O)CNC1CCN(C2CC2)C1. The first kappa shape index (κ1) is 11.9. The van der Waals surface area contributed by atoms with Crippen LogP contribution in [0.5, 0.6) is 0 Å². The monoisotopic (exact) mass is 225 g/mol. The van der Waals surface area contributed by atoms with Gasteiger partial charge in [-0.2, -0.15) is 0 Å². The molecule has 0 aromatic rings. The largest absolute Gasteiger partial charge is 0.353 e. The molecule has 0 aromatic carbocycles. The average Bonchev–Trinajstić information content (AvgIpc) is 2.94. The molecule has 16 heavy (non-hydrogen) atoms. The topological polar surface area (TPSA) is 44.4 Å². The Labute approximate surface area is 97.8 Å². The van der Waals surface area contributed by atoms with Gasteiger partial charge in [0.05, 0.1) is 6.54 Å². The number of nitrogens with one attached hydrogen (secondary N) is 2. The van der Waals surface area contributed by atoms with Crippen molar-refractivity contribution < 1.29 is 4.79 Å². The molecule has 4 heteroatoms. The van der Waals surface area contributed by atoms with Crippen LogP contribution in [-0.2, 0) is 4.79 Å². The summed E-state index contributed by atoms with van der Waals surface area (Å²) in [7, 11) is 0. The van der Waals surface area contributed by atoms with Gasteiger partial charge in [0.1, 0.15) is 0 Å². The summed E-state index contributed by atoms with van der Waals surface area (Å²) >= 11 is 0. The summed E-state index contributed by atoms with van der Waals surface area (Å²) in [5.41, 5.74) is 0. The zero-order chi connectivity index (χ0) is 11.5. The normalized spacial score (nSPS) is 26.3. The number of carbonyl (C=O) groups is 1. The van der Waals surface area contributed by atoms with Gasteiger partial charge in [-0.3, -0.25) is 9.69 Å². The summed E-state index contributed by atoms with van der Waals surface area (Å²) < 4.78 is 0. The third-order valence-electron chi connectivity index (χ3n) is 3.28. The van der Waals surface area contributed by atoms with Gasteiger partial charge in [-0.15, -0.1) is 0 Å². The Morgan fingerprint density at radius 3 is 2.75 bits per heavy atom. The molecule has 1 saturated carbocycles. The highest BCUT2D eigenvalue weighted by Gasteiger charge is 2.34. The van der Waals surface area contributed by atoms with E-state index in [1.807, 2.05) is 13.8 Å². The lowest BCUT2D eigenvalue weighted by Crippen LogP contribution is -2.42. The molecule has 1 unspecified atom stereocenters. The lowest BCUT2D eigenvalue weighted by Gasteiger charge is -2.16. The van der Waals surface area contributed by atoms with Gasteiger partial charge in [-0.25, -0.2) is 0 Å². The molecular formula is C12H23N3O. The quantitative estimate of drug-likeness (QED) is 0.709. The molecule has 2 aliphatic rings. The van der Waals surface area contributed by atoms with E-state index in [2.05, 4.69) is 15.5 Å². The highest BCUT2D eigenvalue weighted by molar-refractivity contribution is 5.78. The summed E-state index contributed by atoms with van der Waals surface area (Å²) in [6, 6.07) is 1.61. The highest BCUT2D eigenvalue weighted by atomic mass is 16.1. The first-order chi connectivity index (χ1) is 7.65. The first-order valence-electron chi connectivity index (χ1n) is 6.42. The van der Waals surface area contributed by atoms with Crippen LogP contribution >= 0.6 is 0 Å². The van der Waals surface area contributed by atoms with E-state index >= 15 is 0 Å². The Balaban J connectivity index is 1.61. The van der Waals surface area contributed by atoms with Gasteiger partial charge in [-0.05, 0) is 33.1 Å². The van der Waals surface area contributed by atoms with Gasteiger partial charge in [0.15, 0.2) is 0 Å². The summed E-state index contributed by atoms with van der Waals surface area (Å²) in [5, 5.41) is 6.24. The second kappa shape index (κ2) is 5.15. The average molecular weight is 225 g/mol. The molecule has 4 nitrogen and oxygen atoms in total. The maximum absolute atomic E-state index is 11.5. The molecule has 0 aromatic heterocycles. The van der Waals surface area contributed by atoms with Crippen molar-refractivity contribution in [1.29, 1.82) is 0 Å². The zero-order valence-electron chi connectivity index (χ0n) is 10.3. The number of likely N-dealkylation sites (tertiary alicyclic amines) is 1. The summed E-state index contributed by atoms with van der Waals surface area (Å²) in [4.78, 5) is 14.0. The zero-order valence-corrected chi connectivity index (χ0v) is 10.3. The van der Waals surface area contributed by atoms with Gasteiger partial charge in [0, 0.05) is 31.2 Å². The molecule has 2 rings (SSSR count). The van der Waals surface area contributed by atoms with Crippen molar-refractivity contribution in [3.05, 3.63) is 0 Å². The van der Waals surface area contributed by atoms with Gasteiger partial charge >= 0.3 is 0 Å². The number of carbonyl (C=O) groups excluding carboxylic acids is 1. The van der Waals surface area contributed by atoms with Crippen molar-refractivity contribution in [2.75, 3.05) is 19.6 Å². The molecule has 1 aliphatic heterocycles. The van der Waals surface area contributed by atoms with Crippen LogP contribution in [0.2, 0.25) is 0 Å². The minimum atomic E-state index is 0.111. The Hall–Kier alpha value is -0.610. The van der Waals surface area contributed by atoms with Crippen molar-refractivity contribution in [2.24, 2.45) is 0 Å². The molecular weight excluding hydrogens is 202 g/mol. The molecule has 2 N–H and O–H groups in total. The van der Waals surface area contributed by atoms with Gasteiger partial charge in [0.2, 0.25) is 5.91 Å². The van der Waals surface area contributed by atoms with Crippen molar-refractivity contribution in [3.8, 4) is 0 Å². The molecule has 0 spiro atoms. The number of nitrogens with zero attached hydrogens (tertiary/aromatic N) is 1. The number of rotatable bonds is 5. The Bertz CT molecular complexity index is 251. The van der Waals surface area contributed by atoms with E-state index in [9.17, 15) is 4.79 Å². The Morgan fingerprint density at radius 1 is 1.38 bits per heavy atom. The van der Waals surface area contributed by atoms with Gasteiger partial charge in [-0.1, -0.05) is 0 Å². The number of hydrogen-bond donors (Lipinski definition) is 2. The molecule has 1 aliphatic carbocycles. The lowest BCUT2D eigenvalue weighted by molar-refractivity contribution is -0.120. The van der Waals surface area contributed by atoms with Crippen LogP contribution in [0.15, 0.2) is 0 Å². The minimum Gasteiger partial charge on any atom is -0.353 e. The van der Waals surface area contributed by atoms with Crippen LogP contribution in [0.3, 0.4) is 0 Å². The molecule has 1 amide bonds. The minimum absolute atomic E-state index is 0.111. The molecule has 2 fully saturated rings. The van der Waals surface area contributed by atoms with Crippen molar-refractivity contribution in [3.63, 3.8) is 0 Å². The van der Waals surface area contributed by atoms with E-state index in [0.29, 0.717) is 12.6 Å². The van der Waals surface area contributed by atoms with Crippen molar-refractivity contribution >= 4 is 5.91 Å². The van der Waals surface area contributed by atoms with Crippen LogP contribution in [0, 0.1) is 0 Å². The third kappa shape index (κ3) is 3.46. The lowest BCUT2D eigenvalue weighted by atomic mass is 10.2. The third-order valence-corrected chi connectivity index (χ3v) is 3.28. The van der Waals surface area contributed by atoms with E-state index in [0.717, 1.165) is 12.6 Å². The van der Waals surface area contributed by atoms with E-state index in [1.165, 1.54) is 25.8 Å². The first-order valence-corrected chi connectivity index (χ1v) is 6.42. The van der Waals surface area contributed by atoms with Crippen LogP contribution in [0.25, 0.3) is 0 Å². The van der Waals surface area contributed by atoms with Crippen molar-refractivity contribution in [1.82, 2.24) is 15.5 Å². The Kier molecular flexibility index (Phi) is 3.82. The van der Waals surface area contributed by atoms with E-state index < -0.39 is 0 Å². The van der Waals surface area contributed by atoms with Crippen LogP contribution < -0.4 is 10.6 Å². The molecule has 0 bridgehead atoms. The second-order valence-electron chi connectivity index (χ2n) is 5.31. The maximum atomic E-state index is 11.5. The summed E-state index contributed by atoms with van der Waals surface area (Å²) in [6.07, 6.45) is 3.94. The van der Waals surface area contributed by atoms with Crippen LogP contribution in [-0.4, -0.2) is 48.6 Å². The molecule has 1 atom stereocenters. The summed E-state index contributed by atoms with van der Waals surface area (Å²) in [5.74, 6) is 0.111. The van der Waals surface area contributed by atoms with Crippen molar-refractivity contribution in [2.45, 2.75) is 51.2 Å². The van der Waals surface area contributed by atoms with Crippen LogP contribution in [0.4, 0.5) is 0 Å². The molecule has 1 saturated heterocycles. The highest BCUT2D eigenvalue weighted by Crippen LogP contribution is 2.29. The predicted octanol–water partition coefficient (Wildman–Crippen LogP) is 0.337. The van der Waals surface area contributed by atoms with Gasteiger partial charge < -0.3 is 10.6 Å². The van der Waals surface area contributed by atoms with Gasteiger partial charge in [0.25, 0.3) is 0 Å². The van der Waals surface area contributed by atoms with Crippen LogP contribution in [0.1, 0.15) is 33.1 Å². The molecule has 1 heterocycles. The fraction of sp³-hybridized carbons (Fsp3) is 0.917. The number of hydrogen-bond acceptors (Lipinski definition) is 3. The fourth-order valence-corrected chi connectivity index (χ4v) is 2.34. The maximum Gasteiger partial charge on any atom is 0.234 e. The smallest absolute Gasteiger partial charge is 0.234 e. The molecule has 92 valence electrons. The fourth-order valence-electron chi connectivity index (χ4n) is 2.34. The van der Waals surface area contributed by atoms with E-state index in [1.54, 1.807) is 0 Å². The molecule has 0 radical (unpaired) electrons. The van der Waals surface area contributed by atoms with E-state index in [-0.39, 0.29) is 11.9 Å². The standard InChI is InChI=1S/C12H23N3O/c1-9(2)14-12(16)7-13-10-5-6-15(8-10)11-3-4-11/h9-11,13H,3-8H2,1-2H3,(H,14,16). The Morgan fingerprint density at radius 2 is 2.12 bits per heavy atom. The predicted molar refractivity (Wildman–Crippen MR) is 64.3 cm³/mol. The number of amides is 1. The second-order valence-corrected chi connectivity index (χ2v) is 5.31.